The quantitative estimate of drug-likeness (QED) is 0.370. The van der Waals surface area contributed by atoms with Crippen LogP contribution in [0.15, 0.2) is 58.8 Å². The third-order valence-electron chi connectivity index (χ3n) is 4.10. The molecule has 0 aliphatic carbocycles. The fraction of sp³-hybridized carbons (Fsp3) is 0.182. The standard InChI is InChI=1S/C22H22N4O3S3/c1-14(27)23-15-7-9-16(10-8-15)24-20(28)13-31-11-17-12-32-22(25-17)26-21(29)18-5-3-4-6-19(18)30-2/h3-10,12H,11,13H2,1-2H3,(H,23,27)(H,24,28)(H,25,26,29). The van der Waals surface area contributed by atoms with E-state index in [1.54, 1.807) is 30.3 Å². The Kier molecular flexibility index (Phi) is 8.72. The Morgan fingerprint density at radius 2 is 1.66 bits per heavy atom. The van der Waals surface area contributed by atoms with E-state index in [2.05, 4.69) is 20.9 Å². The van der Waals surface area contributed by atoms with Crippen molar-refractivity contribution < 1.29 is 14.4 Å². The highest BCUT2D eigenvalue weighted by atomic mass is 32.2. The number of amides is 3. The Balaban J connectivity index is 1.44. The molecule has 0 saturated heterocycles. The topological polar surface area (TPSA) is 100 Å². The van der Waals surface area contributed by atoms with Crippen molar-refractivity contribution in [2.45, 2.75) is 17.6 Å². The van der Waals surface area contributed by atoms with Crippen LogP contribution in [0.3, 0.4) is 0 Å². The number of nitrogens with one attached hydrogen (secondary N) is 3. The number of nitrogens with zero attached hydrogens (tertiary/aromatic N) is 1. The Labute approximate surface area is 198 Å². The molecule has 0 spiro atoms. The second kappa shape index (κ2) is 11.7. The lowest BCUT2D eigenvalue weighted by molar-refractivity contribution is -0.114. The molecular formula is C22H22N4O3S3. The van der Waals surface area contributed by atoms with Crippen molar-refractivity contribution in [1.29, 1.82) is 0 Å². The van der Waals surface area contributed by atoms with Crippen LogP contribution in [0, 0.1) is 0 Å². The van der Waals surface area contributed by atoms with Gasteiger partial charge in [-0.2, -0.15) is 0 Å². The predicted octanol–water partition coefficient (Wildman–Crippen LogP) is 4.95. The van der Waals surface area contributed by atoms with Crippen LogP contribution < -0.4 is 16.0 Å². The van der Waals surface area contributed by atoms with Crippen molar-refractivity contribution in [3.63, 3.8) is 0 Å². The second-order valence-corrected chi connectivity index (χ2v) is 9.29. The van der Waals surface area contributed by atoms with Gasteiger partial charge >= 0.3 is 0 Å². The maximum Gasteiger partial charge on any atom is 0.258 e. The van der Waals surface area contributed by atoms with Gasteiger partial charge < -0.3 is 10.6 Å². The molecule has 0 atom stereocenters. The van der Waals surface area contributed by atoms with Gasteiger partial charge in [0.1, 0.15) is 0 Å². The molecule has 0 radical (unpaired) electrons. The molecule has 0 saturated carbocycles. The van der Waals surface area contributed by atoms with Crippen molar-refractivity contribution in [2.75, 3.05) is 28.0 Å². The Bertz CT molecular complexity index is 1100. The molecule has 32 heavy (non-hydrogen) atoms. The number of benzene rings is 2. The van der Waals surface area contributed by atoms with E-state index in [1.807, 2.05) is 29.8 Å². The zero-order valence-electron chi connectivity index (χ0n) is 17.5. The molecule has 2 aromatic carbocycles. The summed E-state index contributed by atoms with van der Waals surface area (Å²) in [6, 6.07) is 14.4. The van der Waals surface area contributed by atoms with Crippen molar-refractivity contribution in [3.05, 3.63) is 65.2 Å². The Morgan fingerprint density at radius 1 is 0.969 bits per heavy atom. The van der Waals surface area contributed by atoms with Crippen LogP contribution in [-0.4, -0.2) is 34.7 Å². The van der Waals surface area contributed by atoms with Gasteiger partial charge in [0.2, 0.25) is 11.8 Å². The fourth-order valence-corrected chi connectivity index (χ4v) is 4.84. The lowest BCUT2D eigenvalue weighted by Gasteiger charge is -2.07. The van der Waals surface area contributed by atoms with E-state index in [4.69, 9.17) is 0 Å². The lowest BCUT2D eigenvalue weighted by Crippen LogP contribution is -2.14. The summed E-state index contributed by atoms with van der Waals surface area (Å²) in [5.41, 5.74) is 2.76. The first kappa shape index (κ1) is 23.8. The third-order valence-corrected chi connectivity index (χ3v) is 6.66. The minimum Gasteiger partial charge on any atom is -0.326 e. The van der Waals surface area contributed by atoms with Crippen LogP contribution in [0.2, 0.25) is 0 Å². The summed E-state index contributed by atoms with van der Waals surface area (Å²) in [6.45, 7) is 1.44. The van der Waals surface area contributed by atoms with Gasteiger partial charge in [0.05, 0.1) is 17.0 Å². The molecule has 0 bridgehead atoms. The largest absolute Gasteiger partial charge is 0.326 e. The number of carbonyl (C=O) groups excluding carboxylic acids is 3. The lowest BCUT2D eigenvalue weighted by atomic mass is 10.2. The highest BCUT2D eigenvalue weighted by molar-refractivity contribution is 7.99. The number of thioether (sulfide) groups is 2. The van der Waals surface area contributed by atoms with Gasteiger partial charge in [0, 0.05) is 34.3 Å². The summed E-state index contributed by atoms with van der Waals surface area (Å²) >= 11 is 4.32. The molecule has 7 nitrogen and oxygen atoms in total. The van der Waals surface area contributed by atoms with Gasteiger partial charge in [0.25, 0.3) is 5.91 Å². The van der Waals surface area contributed by atoms with E-state index < -0.39 is 0 Å². The molecule has 0 aliphatic heterocycles. The molecule has 0 fully saturated rings. The van der Waals surface area contributed by atoms with Gasteiger partial charge in [-0.15, -0.1) is 34.9 Å². The van der Waals surface area contributed by atoms with Crippen LogP contribution in [0.25, 0.3) is 0 Å². The average Bonchev–Trinajstić information content (AvgIpc) is 3.21. The van der Waals surface area contributed by atoms with Crippen LogP contribution in [0.1, 0.15) is 23.0 Å². The maximum absolute atomic E-state index is 12.5. The number of hydrogen-bond acceptors (Lipinski definition) is 7. The molecule has 0 unspecified atom stereocenters. The van der Waals surface area contributed by atoms with E-state index in [0.717, 1.165) is 10.6 Å². The molecule has 3 N–H and O–H groups in total. The zero-order valence-corrected chi connectivity index (χ0v) is 20.0. The average molecular weight is 487 g/mol. The molecule has 3 aromatic rings. The summed E-state index contributed by atoms with van der Waals surface area (Å²) in [5, 5.41) is 10.7. The van der Waals surface area contributed by atoms with E-state index >= 15 is 0 Å². The normalized spacial score (nSPS) is 10.4. The minimum absolute atomic E-state index is 0.125. The van der Waals surface area contributed by atoms with Crippen LogP contribution in [0.4, 0.5) is 16.5 Å². The molecule has 10 heteroatoms. The molecule has 0 aliphatic rings. The second-order valence-electron chi connectivity index (χ2n) is 6.60. The first-order valence-electron chi connectivity index (χ1n) is 9.58. The maximum atomic E-state index is 12.5. The molecule has 166 valence electrons. The van der Waals surface area contributed by atoms with Crippen LogP contribution in [0.5, 0.6) is 0 Å². The predicted molar refractivity (Wildman–Crippen MR) is 134 cm³/mol. The summed E-state index contributed by atoms with van der Waals surface area (Å²) < 4.78 is 0. The SMILES string of the molecule is CSc1ccccc1C(=O)Nc1nc(CSCC(=O)Nc2ccc(NC(C)=O)cc2)cs1. The monoisotopic (exact) mass is 486 g/mol. The fourth-order valence-electron chi connectivity index (χ4n) is 2.71. The van der Waals surface area contributed by atoms with Crippen molar-refractivity contribution in [1.82, 2.24) is 4.98 Å². The number of rotatable bonds is 9. The Morgan fingerprint density at radius 3 is 2.34 bits per heavy atom. The van der Waals surface area contributed by atoms with Gasteiger partial charge in [-0.25, -0.2) is 4.98 Å². The van der Waals surface area contributed by atoms with E-state index in [0.29, 0.717) is 27.8 Å². The smallest absolute Gasteiger partial charge is 0.258 e. The molecule has 3 amide bonds. The first-order valence-corrected chi connectivity index (χ1v) is 12.8. The summed E-state index contributed by atoms with van der Waals surface area (Å²) in [7, 11) is 0. The van der Waals surface area contributed by atoms with Crippen LogP contribution in [-0.2, 0) is 15.3 Å². The summed E-state index contributed by atoms with van der Waals surface area (Å²) in [6.07, 6.45) is 1.93. The van der Waals surface area contributed by atoms with Gasteiger partial charge in [-0.3, -0.25) is 19.7 Å². The summed E-state index contributed by atoms with van der Waals surface area (Å²) in [4.78, 5) is 41.1. The third kappa shape index (κ3) is 7.11. The van der Waals surface area contributed by atoms with E-state index in [1.165, 1.54) is 41.8 Å². The van der Waals surface area contributed by atoms with Crippen molar-refractivity contribution in [3.8, 4) is 0 Å². The highest BCUT2D eigenvalue weighted by Crippen LogP contribution is 2.24. The number of hydrogen-bond donors (Lipinski definition) is 3. The Hall–Kier alpha value is -2.82. The van der Waals surface area contributed by atoms with E-state index in [9.17, 15) is 14.4 Å². The van der Waals surface area contributed by atoms with Crippen molar-refractivity contribution in [2.24, 2.45) is 0 Å². The molecule has 1 aromatic heterocycles. The molecule has 1 heterocycles. The zero-order chi connectivity index (χ0) is 22.9. The highest BCUT2D eigenvalue weighted by Gasteiger charge is 2.13. The first-order chi connectivity index (χ1) is 15.4. The van der Waals surface area contributed by atoms with Crippen LogP contribution >= 0.6 is 34.9 Å². The number of carbonyl (C=O) groups is 3. The molecule has 3 rings (SSSR count). The van der Waals surface area contributed by atoms with Crippen molar-refractivity contribution >= 4 is 69.1 Å². The number of aromatic nitrogens is 1. The number of thiazole rings is 1. The minimum atomic E-state index is -0.188. The van der Waals surface area contributed by atoms with E-state index in [-0.39, 0.29) is 23.5 Å². The van der Waals surface area contributed by atoms with Gasteiger partial charge in [-0.1, -0.05) is 12.1 Å². The van der Waals surface area contributed by atoms with Gasteiger partial charge in [-0.05, 0) is 42.7 Å². The van der Waals surface area contributed by atoms with Gasteiger partial charge in [0.15, 0.2) is 5.13 Å². The summed E-state index contributed by atoms with van der Waals surface area (Å²) in [5.74, 6) is 0.371. The number of anilines is 3. The molecular weight excluding hydrogens is 464 g/mol.